The Morgan fingerprint density at radius 2 is 2.12 bits per heavy atom. The van der Waals surface area contributed by atoms with Gasteiger partial charge in [-0.05, 0) is 44.9 Å². The first-order valence-electron chi connectivity index (χ1n) is 9.91. The van der Waals surface area contributed by atoms with Gasteiger partial charge in [0.15, 0.2) is 5.82 Å². The number of carbonyl (C=O) groups excluding carboxylic acids is 1. The summed E-state index contributed by atoms with van der Waals surface area (Å²) in [7, 11) is 1.72. The van der Waals surface area contributed by atoms with E-state index in [4.69, 9.17) is 19.0 Å². The minimum absolute atomic E-state index is 0.0919. The van der Waals surface area contributed by atoms with Crippen molar-refractivity contribution in [2.24, 2.45) is 5.92 Å². The molecule has 0 bridgehead atoms. The summed E-state index contributed by atoms with van der Waals surface area (Å²) >= 11 is 0. The number of carbonyl (C=O) groups is 1. The zero-order valence-corrected chi connectivity index (χ0v) is 15.6. The largest absolute Gasteiger partial charge is 0.385 e. The Bertz CT molecular complexity index is 624. The van der Waals surface area contributed by atoms with Gasteiger partial charge in [-0.25, -0.2) is 0 Å². The molecule has 2 saturated heterocycles. The highest BCUT2D eigenvalue weighted by molar-refractivity contribution is 5.79. The first-order chi connectivity index (χ1) is 12.7. The highest BCUT2D eigenvalue weighted by Gasteiger charge is 2.44. The number of nitrogens with zero attached hydrogens (tertiary/aromatic N) is 3. The van der Waals surface area contributed by atoms with E-state index < -0.39 is 0 Å². The summed E-state index contributed by atoms with van der Waals surface area (Å²) in [5, 5.41) is 4.33. The zero-order valence-electron chi connectivity index (χ0n) is 15.6. The average molecular weight is 363 g/mol. The van der Waals surface area contributed by atoms with Gasteiger partial charge in [0.25, 0.3) is 0 Å². The highest BCUT2D eigenvalue weighted by Crippen LogP contribution is 2.42. The quantitative estimate of drug-likeness (QED) is 0.772. The Kier molecular flexibility index (Phi) is 5.27. The maximum Gasteiger partial charge on any atom is 0.229 e. The van der Waals surface area contributed by atoms with Crippen LogP contribution in [0.1, 0.15) is 62.6 Å². The van der Waals surface area contributed by atoms with Gasteiger partial charge in [-0.15, -0.1) is 0 Å². The third kappa shape index (κ3) is 3.64. The number of hydrogen-bond acceptors (Lipinski definition) is 6. The molecule has 0 radical (unpaired) electrons. The molecular weight excluding hydrogens is 334 g/mol. The van der Waals surface area contributed by atoms with Crippen LogP contribution >= 0.6 is 0 Å². The monoisotopic (exact) mass is 363 g/mol. The molecule has 1 saturated carbocycles. The fraction of sp³-hybridized carbons (Fsp3) is 0.842. The van der Waals surface area contributed by atoms with Crippen molar-refractivity contribution in [2.75, 3.05) is 40.0 Å². The summed E-state index contributed by atoms with van der Waals surface area (Å²) in [6, 6.07) is 0. The molecule has 4 rings (SSSR count). The highest BCUT2D eigenvalue weighted by atomic mass is 16.5. The summed E-state index contributed by atoms with van der Waals surface area (Å²) in [6.45, 7) is 3.49. The van der Waals surface area contributed by atoms with Gasteiger partial charge in [-0.1, -0.05) is 5.16 Å². The van der Waals surface area contributed by atoms with Crippen molar-refractivity contribution in [1.82, 2.24) is 15.0 Å². The first kappa shape index (κ1) is 17.9. The molecule has 1 atom stereocenters. The molecule has 2 aliphatic heterocycles. The molecule has 1 amide bonds. The molecule has 1 unspecified atom stereocenters. The van der Waals surface area contributed by atoms with Crippen LogP contribution < -0.4 is 0 Å². The van der Waals surface area contributed by atoms with E-state index in [1.807, 2.05) is 4.90 Å². The lowest BCUT2D eigenvalue weighted by atomic mass is 9.76. The van der Waals surface area contributed by atoms with Gasteiger partial charge >= 0.3 is 0 Å². The number of ether oxygens (including phenoxy) is 2. The maximum atomic E-state index is 13.0. The van der Waals surface area contributed by atoms with Crippen LogP contribution in [0.15, 0.2) is 4.52 Å². The van der Waals surface area contributed by atoms with E-state index in [-0.39, 0.29) is 17.2 Å². The first-order valence-corrected chi connectivity index (χ1v) is 9.91. The van der Waals surface area contributed by atoms with E-state index in [2.05, 4.69) is 5.16 Å². The number of hydrogen-bond donors (Lipinski definition) is 0. The lowest BCUT2D eigenvalue weighted by Crippen LogP contribution is -2.51. The predicted octanol–water partition coefficient (Wildman–Crippen LogP) is 2.27. The van der Waals surface area contributed by atoms with E-state index in [0.717, 1.165) is 63.2 Å². The standard InChI is InChI=1S/C19H29N3O4/c1-24-12-8-19(18-20-16(26-21-18)14-3-4-14)7-2-9-22(13-19)17(23)15-5-10-25-11-6-15/h14-15H,2-13H2,1H3. The molecule has 3 fully saturated rings. The van der Waals surface area contributed by atoms with Crippen LogP contribution in [0, 0.1) is 5.92 Å². The smallest absolute Gasteiger partial charge is 0.229 e. The van der Waals surface area contributed by atoms with Gasteiger partial charge < -0.3 is 18.9 Å². The molecule has 26 heavy (non-hydrogen) atoms. The Hall–Kier alpha value is -1.47. The van der Waals surface area contributed by atoms with E-state index in [9.17, 15) is 4.79 Å². The molecule has 1 aliphatic carbocycles. The predicted molar refractivity (Wildman–Crippen MR) is 93.8 cm³/mol. The maximum absolute atomic E-state index is 13.0. The third-order valence-electron chi connectivity index (χ3n) is 6.09. The molecule has 1 aromatic rings. The number of amides is 1. The molecule has 144 valence electrons. The second kappa shape index (κ2) is 7.64. The number of methoxy groups -OCH3 is 1. The minimum atomic E-state index is -0.258. The molecule has 0 N–H and O–H groups in total. The summed E-state index contributed by atoms with van der Waals surface area (Å²) in [4.78, 5) is 19.8. The third-order valence-corrected chi connectivity index (χ3v) is 6.09. The molecule has 7 heteroatoms. The molecule has 1 aromatic heterocycles. The minimum Gasteiger partial charge on any atom is -0.385 e. The van der Waals surface area contributed by atoms with Gasteiger partial charge in [-0.2, -0.15) is 4.98 Å². The average Bonchev–Trinajstić information content (AvgIpc) is 3.43. The van der Waals surface area contributed by atoms with Crippen molar-refractivity contribution < 1.29 is 18.8 Å². The number of rotatable bonds is 6. The Morgan fingerprint density at radius 1 is 1.31 bits per heavy atom. The number of piperidine rings is 1. The van der Waals surface area contributed by atoms with Gasteiger partial charge in [0.2, 0.25) is 11.8 Å². The van der Waals surface area contributed by atoms with Crippen LogP contribution in [-0.4, -0.2) is 61.0 Å². The Morgan fingerprint density at radius 3 is 2.85 bits per heavy atom. The van der Waals surface area contributed by atoms with E-state index >= 15 is 0 Å². The Balaban J connectivity index is 1.53. The summed E-state index contributed by atoms with van der Waals surface area (Å²) < 4.78 is 16.3. The molecule has 7 nitrogen and oxygen atoms in total. The van der Waals surface area contributed by atoms with Gasteiger partial charge in [0, 0.05) is 51.9 Å². The summed E-state index contributed by atoms with van der Waals surface area (Å²) in [5.41, 5.74) is -0.258. The molecule has 3 heterocycles. The van der Waals surface area contributed by atoms with E-state index in [1.54, 1.807) is 7.11 Å². The zero-order chi connectivity index (χ0) is 18.0. The van der Waals surface area contributed by atoms with Crippen molar-refractivity contribution in [3.05, 3.63) is 11.7 Å². The van der Waals surface area contributed by atoms with Crippen molar-refractivity contribution in [1.29, 1.82) is 0 Å². The van der Waals surface area contributed by atoms with Crippen LogP contribution in [0.4, 0.5) is 0 Å². The normalized spacial score (nSPS) is 27.7. The molecule has 0 spiro atoms. The van der Waals surface area contributed by atoms with Crippen molar-refractivity contribution in [2.45, 2.75) is 56.3 Å². The molecule has 3 aliphatic rings. The second-order valence-electron chi connectivity index (χ2n) is 8.00. The van der Waals surface area contributed by atoms with Crippen molar-refractivity contribution in [3.63, 3.8) is 0 Å². The van der Waals surface area contributed by atoms with Gasteiger partial charge in [-0.3, -0.25) is 4.79 Å². The lowest BCUT2D eigenvalue weighted by molar-refractivity contribution is -0.141. The second-order valence-corrected chi connectivity index (χ2v) is 8.00. The van der Waals surface area contributed by atoms with Crippen LogP contribution in [-0.2, 0) is 19.7 Å². The number of aromatic nitrogens is 2. The summed E-state index contributed by atoms with van der Waals surface area (Å²) in [6.07, 6.45) is 6.68. The van der Waals surface area contributed by atoms with Gasteiger partial charge in [0.05, 0.1) is 5.41 Å². The van der Waals surface area contributed by atoms with Crippen LogP contribution in [0.2, 0.25) is 0 Å². The van der Waals surface area contributed by atoms with Crippen molar-refractivity contribution >= 4 is 5.91 Å². The van der Waals surface area contributed by atoms with Gasteiger partial charge in [0.1, 0.15) is 0 Å². The Labute approximate surface area is 154 Å². The van der Waals surface area contributed by atoms with Crippen LogP contribution in [0.3, 0.4) is 0 Å². The topological polar surface area (TPSA) is 77.7 Å². The molecule has 0 aromatic carbocycles. The summed E-state index contributed by atoms with van der Waals surface area (Å²) in [5.74, 6) is 2.33. The molecular formula is C19H29N3O4. The van der Waals surface area contributed by atoms with Crippen LogP contribution in [0.5, 0.6) is 0 Å². The SMILES string of the molecule is COCCC1(c2noc(C3CC3)n2)CCCN(C(=O)C2CCOCC2)C1. The number of likely N-dealkylation sites (tertiary alicyclic amines) is 1. The van der Waals surface area contributed by atoms with Crippen molar-refractivity contribution in [3.8, 4) is 0 Å². The lowest BCUT2D eigenvalue weighted by Gasteiger charge is -2.42. The fourth-order valence-electron chi connectivity index (χ4n) is 4.27. The fourth-order valence-corrected chi connectivity index (χ4v) is 4.27. The van der Waals surface area contributed by atoms with E-state index in [0.29, 0.717) is 32.3 Å². The van der Waals surface area contributed by atoms with E-state index in [1.165, 1.54) is 0 Å². The van der Waals surface area contributed by atoms with Crippen LogP contribution in [0.25, 0.3) is 0 Å².